The summed E-state index contributed by atoms with van der Waals surface area (Å²) in [7, 11) is 0. The Morgan fingerprint density at radius 1 is 1.15 bits per heavy atom. The van der Waals surface area contributed by atoms with Gasteiger partial charge in [0, 0.05) is 5.92 Å². The maximum atomic E-state index is 12.1. The molecular formula is C18H27NO. The summed E-state index contributed by atoms with van der Waals surface area (Å²) in [5, 5.41) is 3.16. The zero-order valence-electron chi connectivity index (χ0n) is 13.2. The average Bonchev–Trinajstić information content (AvgIpc) is 2.91. The van der Waals surface area contributed by atoms with Gasteiger partial charge in [0.15, 0.2) is 0 Å². The summed E-state index contributed by atoms with van der Waals surface area (Å²) in [5.41, 5.74) is 2.69. The van der Waals surface area contributed by atoms with Gasteiger partial charge >= 0.3 is 0 Å². The first-order valence-corrected chi connectivity index (χ1v) is 7.79. The number of carbonyl (C=O) groups is 1. The molecule has 1 N–H and O–H groups in total. The van der Waals surface area contributed by atoms with Gasteiger partial charge in [0.05, 0.1) is 6.04 Å². The number of hydrogen-bond acceptors (Lipinski definition) is 1. The Kier molecular flexibility index (Phi) is 4.52. The van der Waals surface area contributed by atoms with Crippen LogP contribution in [0.5, 0.6) is 0 Å². The molecule has 20 heavy (non-hydrogen) atoms. The van der Waals surface area contributed by atoms with E-state index in [-0.39, 0.29) is 23.3 Å². The Hall–Kier alpha value is -1.31. The van der Waals surface area contributed by atoms with Crippen LogP contribution in [-0.2, 0) is 10.2 Å². The fourth-order valence-electron chi connectivity index (χ4n) is 2.87. The topological polar surface area (TPSA) is 29.1 Å². The Morgan fingerprint density at radius 3 is 2.20 bits per heavy atom. The van der Waals surface area contributed by atoms with E-state index in [0.717, 1.165) is 12.8 Å². The van der Waals surface area contributed by atoms with Crippen molar-refractivity contribution in [2.75, 3.05) is 0 Å². The molecule has 1 amide bonds. The first-order valence-electron chi connectivity index (χ1n) is 7.79. The first-order chi connectivity index (χ1) is 9.38. The van der Waals surface area contributed by atoms with Crippen LogP contribution in [0.1, 0.15) is 70.5 Å². The minimum atomic E-state index is 0.0946. The highest BCUT2D eigenvalue weighted by Crippen LogP contribution is 2.27. The molecule has 0 spiro atoms. The molecule has 0 unspecified atom stereocenters. The van der Waals surface area contributed by atoms with Crippen LogP contribution in [0.3, 0.4) is 0 Å². The molecule has 1 saturated carbocycles. The Labute approximate surface area is 123 Å². The van der Waals surface area contributed by atoms with Gasteiger partial charge in [-0.2, -0.15) is 0 Å². The van der Waals surface area contributed by atoms with E-state index in [1.165, 1.54) is 24.0 Å². The molecule has 1 aromatic rings. The molecule has 0 bridgehead atoms. The zero-order chi connectivity index (χ0) is 14.8. The normalized spacial score (nSPS) is 18.0. The van der Waals surface area contributed by atoms with E-state index in [9.17, 15) is 4.79 Å². The van der Waals surface area contributed by atoms with E-state index >= 15 is 0 Å². The molecule has 0 saturated heterocycles. The summed E-state index contributed by atoms with van der Waals surface area (Å²) in [4.78, 5) is 12.1. The third kappa shape index (κ3) is 3.62. The molecule has 2 heteroatoms. The highest BCUT2D eigenvalue weighted by atomic mass is 16.1. The van der Waals surface area contributed by atoms with Crippen LogP contribution >= 0.6 is 0 Å². The minimum absolute atomic E-state index is 0.0946. The molecule has 0 aliphatic heterocycles. The lowest BCUT2D eigenvalue weighted by atomic mass is 9.86. The predicted molar refractivity (Wildman–Crippen MR) is 83.7 cm³/mol. The van der Waals surface area contributed by atoms with Crippen LogP contribution < -0.4 is 5.32 Å². The van der Waals surface area contributed by atoms with Gasteiger partial charge in [0.25, 0.3) is 0 Å². The summed E-state index contributed by atoms with van der Waals surface area (Å²) >= 11 is 0. The molecular weight excluding hydrogens is 246 g/mol. The molecule has 110 valence electrons. The molecule has 1 aliphatic rings. The Bertz CT molecular complexity index is 449. The largest absolute Gasteiger partial charge is 0.349 e. The maximum absolute atomic E-state index is 12.1. The SMILES string of the molecule is C[C@H](NC(=O)C1CCCC1)c1ccc(C(C)(C)C)cc1. The zero-order valence-corrected chi connectivity index (χ0v) is 13.2. The van der Waals surface area contributed by atoms with Crippen LogP contribution in [0.25, 0.3) is 0 Å². The van der Waals surface area contributed by atoms with Crippen LogP contribution in [0.15, 0.2) is 24.3 Å². The minimum Gasteiger partial charge on any atom is -0.349 e. The standard InChI is InChI=1S/C18H27NO/c1-13(19-17(20)15-7-5-6-8-15)14-9-11-16(12-10-14)18(2,3)4/h9-13,15H,5-8H2,1-4H3,(H,19,20)/t13-/m0/s1. The van der Waals surface area contributed by atoms with E-state index in [1.807, 2.05) is 0 Å². The molecule has 0 heterocycles. The quantitative estimate of drug-likeness (QED) is 0.871. The van der Waals surface area contributed by atoms with E-state index in [0.29, 0.717) is 0 Å². The first kappa shape index (κ1) is 15.1. The Morgan fingerprint density at radius 2 is 1.70 bits per heavy atom. The van der Waals surface area contributed by atoms with Gasteiger partial charge in [0.2, 0.25) is 5.91 Å². The third-order valence-corrected chi connectivity index (χ3v) is 4.36. The van der Waals surface area contributed by atoms with Gasteiger partial charge in [0.1, 0.15) is 0 Å². The number of hydrogen-bond donors (Lipinski definition) is 1. The summed E-state index contributed by atoms with van der Waals surface area (Å²) in [6.45, 7) is 8.72. The highest BCUT2D eigenvalue weighted by Gasteiger charge is 2.24. The number of amides is 1. The average molecular weight is 273 g/mol. The number of carbonyl (C=O) groups excluding carboxylic acids is 1. The van der Waals surface area contributed by atoms with Crippen molar-refractivity contribution in [2.45, 2.75) is 64.8 Å². The van der Waals surface area contributed by atoms with E-state index < -0.39 is 0 Å². The fraction of sp³-hybridized carbons (Fsp3) is 0.611. The van der Waals surface area contributed by atoms with Crippen molar-refractivity contribution in [1.82, 2.24) is 5.32 Å². The lowest BCUT2D eigenvalue weighted by Crippen LogP contribution is -2.31. The van der Waals surface area contributed by atoms with Crippen LogP contribution in [-0.4, -0.2) is 5.91 Å². The molecule has 1 aliphatic carbocycles. The van der Waals surface area contributed by atoms with Crippen LogP contribution in [0, 0.1) is 5.92 Å². The van der Waals surface area contributed by atoms with Crippen molar-refractivity contribution < 1.29 is 4.79 Å². The van der Waals surface area contributed by atoms with Crippen LogP contribution in [0.2, 0.25) is 0 Å². The fourth-order valence-corrected chi connectivity index (χ4v) is 2.87. The molecule has 1 atom stereocenters. The van der Waals surface area contributed by atoms with Gasteiger partial charge in [-0.1, -0.05) is 57.9 Å². The highest BCUT2D eigenvalue weighted by molar-refractivity contribution is 5.79. The number of rotatable bonds is 3. The number of benzene rings is 1. The van der Waals surface area contributed by atoms with E-state index in [2.05, 4.69) is 57.3 Å². The summed E-state index contributed by atoms with van der Waals surface area (Å²) in [6, 6.07) is 8.72. The second-order valence-electron chi connectivity index (χ2n) is 7.08. The smallest absolute Gasteiger partial charge is 0.223 e. The summed E-state index contributed by atoms with van der Waals surface area (Å²) in [5.74, 6) is 0.473. The predicted octanol–water partition coefficient (Wildman–Crippen LogP) is 4.35. The van der Waals surface area contributed by atoms with Gasteiger partial charge in [-0.15, -0.1) is 0 Å². The lowest BCUT2D eigenvalue weighted by Gasteiger charge is -2.21. The van der Waals surface area contributed by atoms with Crippen molar-refractivity contribution >= 4 is 5.91 Å². The van der Waals surface area contributed by atoms with Gasteiger partial charge in [-0.3, -0.25) is 4.79 Å². The van der Waals surface area contributed by atoms with Crippen LogP contribution in [0.4, 0.5) is 0 Å². The maximum Gasteiger partial charge on any atom is 0.223 e. The van der Waals surface area contributed by atoms with E-state index in [1.54, 1.807) is 0 Å². The molecule has 2 nitrogen and oxygen atoms in total. The molecule has 0 radical (unpaired) electrons. The summed E-state index contributed by atoms with van der Waals surface area (Å²) < 4.78 is 0. The monoisotopic (exact) mass is 273 g/mol. The Balaban J connectivity index is 1.98. The summed E-state index contributed by atoms with van der Waals surface area (Å²) in [6.07, 6.45) is 4.52. The molecule has 1 aromatic carbocycles. The van der Waals surface area contributed by atoms with Gasteiger partial charge in [-0.25, -0.2) is 0 Å². The lowest BCUT2D eigenvalue weighted by molar-refractivity contribution is -0.125. The number of nitrogens with one attached hydrogen (secondary N) is 1. The van der Waals surface area contributed by atoms with Crippen molar-refractivity contribution in [3.8, 4) is 0 Å². The van der Waals surface area contributed by atoms with Gasteiger partial charge in [-0.05, 0) is 36.3 Å². The van der Waals surface area contributed by atoms with Crippen molar-refractivity contribution in [1.29, 1.82) is 0 Å². The molecule has 2 rings (SSSR count). The molecule has 0 aromatic heterocycles. The third-order valence-electron chi connectivity index (χ3n) is 4.36. The second-order valence-corrected chi connectivity index (χ2v) is 7.08. The van der Waals surface area contributed by atoms with Crippen molar-refractivity contribution in [3.63, 3.8) is 0 Å². The van der Waals surface area contributed by atoms with Gasteiger partial charge < -0.3 is 5.32 Å². The van der Waals surface area contributed by atoms with Crippen molar-refractivity contribution in [3.05, 3.63) is 35.4 Å². The van der Waals surface area contributed by atoms with Crippen molar-refractivity contribution in [2.24, 2.45) is 5.92 Å². The second kappa shape index (κ2) is 5.99. The van der Waals surface area contributed by atoms with E-state index in [4.69, 9.17) is 0 Å². The molecule has 1 fully saturated rings.